The molecule has 3 rings (SSSR count). The zero-order chi connectivity index (χ0) is 12.7. The Morgan fingerprint density at radius 3 is 2.72 bits per heavy atom. The quantitative estimate of drug-likeness (QED) is 0.626. The van der Waals surface area contributed by atoms with Gasteiger partial charge < -0.3 is 0 Å². The number of halogens is 1. The standard InChI is InChI=1S/C13H9ClN2O2/c14-11-10(12(17)16-13(11)18)8-3-4-9-7(6-8)2-1-5-15-9/h1-6,10-11H,(H,16,17,18). The summed E-state index contributed by atoms with van der Waals surface area (Å²) in [5, 5.41) is 2.32. The average Bonchev–Trinajstić information content (AvgIpc) is 2.63. The second-order valence-electron chi connectivity index (χ2n) is 4.19. The lowest BCUT2D eigenvalue weighted by Gasteiger charge is -2.10. The molecule has 2 aromatic rings. The van der Waals surface area contributed by atoms with E-state index in [2.05, 4.69) is 10.3 Å². The molecule has 1 aliphatic rings. The minimum Gasteiger partial charge on any atom is -0.295 e. The Kier molecular flexibility index (Phi) is 2.52. The fourth-order valence-electron chi connectivity index (χ4n) is 2.16. The molecule has 1 aromatic carbocycles. The molecular weight excluding hydrogens is 252 g/mol. The molecule has 1 fully saturated rings. The lowest BCUT2D eigenvalue weighted by molar-refractivity contribution is -0.125. The molecule has 2 heterocycles. The van der Waals surface area contributed by atoms with Crippen molar-refractivity contribution in [2.24, 2.45) is 0 Å². The van der Waals surface area contributed by atoms with E-state index in [0.717, 1.165) is 16.5 Å². The molecule has 0 bridgehead atoms. The number of hydrogen-bond donors (Lipinski definition) is 1. The highest BCUT2D eigenvalue weighted by atomic mass is 35.5. The van der Waals surface area contributed by atoms with Crippen molar-refractivity contribution in [2.75, 3.05) is 0 Å². The largest absolute Gasteiger partial charge is 0.295 e. The number of carbonyl (C=O) groups excluding carboxylic acids is 2. The third-order valence-electron chi connectivity index (χ3n) is 3.06. The van der Waals surface area contributed by atoms with E-state index in [4.69, 9.17) is 11.6 Å². The lowest BCUT2D eigenvalue weighted by atomic mass is 9.96. The molecule has 0 spiro atoms. The van der Waals surface area contributed by atoms with E-state index in [9.17, 15) is 9.59 Å². The summed E-state index contributed by atoms with van der Waals surface area (Å²) in [4.78, 5) is 27.3. The SMILES string of the molecule is O=C1NC(=O)C(c2ccc3ncccc3c2)C1Cl. The number of benzene rings is 1. The molecule has 1 saturated heterocycles. The van der Waals surface area contributed by atoms with Crippen LogP contribution in [0.25, 0.3) is 10.9 Å². The smallest absolute Gasteiger partial charge is 0.245 e. The topological polar surface area (TPSA) is 59.1 Å². The van der Waals surface area contributed by atoms with Crippen LogP contribution in [-0.4, -0.2) is 22.2 Å². The van der Waals surface area contributed by atoms with Gasteiger partial charge in [-0.15, -0.1) is 11.6 Å². The first kappa shape index (κ1) is 11.2. The van der Waals surface area contributed by atoms with Crippen LogP contribution in [0.4, 0.5) is 0 Å². The van der Waals surface area contributed by atoms with Crippen molar-refractivity contribution in [3.05, 3.63) is 42.1 Å². The predicted octanol–water partition coefficient (Wildman–Crippen LogP) is 1.58. The predicted molar refractivity (Wildman–Crippen MR) is 67.3 cm³/mol. The maximum absolute atomic E-state index is 11.7. The molecule has 0 saturated carbocycles. The number of alkyl halides is 1. The Bertz CT molecular complexity index is 656. The van der Waals surface area contributed by atoms with Gasteiger partial charge in [0, 0.05) is 11.6 Å². The summed E-state index contributed by atoms with van der Waals surface area (Å²) in [6, 6.07) is 9.19. The van der Waals surface area contributed by atoms with Gasteiger partial charge in [-0.25, -0.2) is 0 Å². The molecule has 1 aromatic heterocycles. The second-order valence-corrected chi connectivity index (χ2v) is 4.66. The van der Waals surface area contributed by atoms with Gasteiger partial charge in [0.05, 0.1) is 11.4 Å². The highest BCUT2D eigenvalue weighted by Crippen LogP contribution is 2.30. The number of carbonyl (C=O) groups is 2. The van der Waals surface area contributed by atoms with E-state index >= 15 is 0 Å². The Hall–Kier alpha value is -1.94. The summed E-state index contributed by atoms with van der Waals surface area (Å²) in [5.74, 6) is -1.40. The van der Waals surface area contributed by atoms with E-state index in [1.807, 2.05) is 24.3 Å². The number of nitrogens with zero attached hydrogens (tertiary/aromatic N) is 1. The van der Waals surface area contributed by atoms with Crippen LogP contribution in [0.15, 0.2) is 36.5 Å². The summed E-state index contributed by atoms with van der Waals surface area (Å²) in [7, 11) is 0. The van der Waals surface area contributed by atoms with E-state index in [1.165, 1.54) is 0 Å². The van der Waals surface area contributed by atoms with Crippen LogP contribution in [0.2, 0.25) is 0 Å². The Morgan fingerprint density at radius 2 is 2.00 bits per heavy atom. The number of fused-ring (bicyclic) bond motifs is 1. The average molecular weight is 261 g/mol. The molecule has 18 heavy (non-hydrogen) atoms. The van der Waals surface area contributed by atoms with Gasteiger partial charge in [0.15, 0.2) is 0 Å². The minimum atomic E-state index is -0.841. The zero-order valence-electron chi connectivity index (χ0n) is 9.26. The molecule has 0 radical (unpaired) electrons. The van der Waals surface area contributed by atoms with Gasteiger partial charge in [0.1, 0.15) is 5.38 Å². The number of pyridine rings is 1. The van der Waals surface area contributed by atoms with Crippen LogP contribution >= 0.6 is 11.6 Å². The maximum atomic E-state index is 11.7. The van der Waals surface area contributed by atoms with Gasteiger partial charge in [-0.3, -0.25) is 19.9 Å². The molecule has 2 amide bonds. The van der Waals surface area contributed by atoms with Gasteiger partial charge in [0.2, 0.25) is 11.8 Å². The summed E-state index contributed by atoms with van der Waals surface area (Å²) in [6.07, 6.45) is 1.71. The highest BCUT2D eigenvalue weighted by Gasteiger charge is 2.41. The maximum Gasteiger partial charge on any atom is 0.245 e. The number of hydrogen-bond acceptors (Lipinski definition) is 3. The van der Waals surface area contributed by atoms with Crippen LogP contribution in [0.5, 0.6) is 0 Å². The normalized spacial score (nSPS) is 23.4. The molecule has 0 aliphatic carbocycles. The minimum absolute atomic E-state index is 0.344. The van der Waals surface area contributed by atoms with E-state index in [0.29, 0.717) is 0 Å². The number of aromatic nitrogens is 1. The number of nitrogens with one attached hydrogen (secondary N) is 1. The monoisotopic (exact) mass is 260 g/mol. The Morgan fingerprint density at radius 1 is 1.17 bits per heavy atom. The molecule has 1 aliphatic heterocycles. The molecule has 90 valence electrons. The number of rotatable bonds is 1. The third-order valence-corrected chi connectivity index (χ3v) is 3.51. The van der Waals surface area contributed by atoms with Crippen molar-refractivity contribution in [3.63, 3.8) is 0 Å². The van der Waals surface area contributed by atoms with Crippen LogP contribution < -0.4 is 5.32 Å². The summed E-state index contributed by atoms with van der Waals surface area (Å²) >= 11 is 5.96. The summed E-state index contributed by atoms with van der Waals surface area (Å²) in [6.45, 7) is 0. The zero-order valence-corrected chi connectivity index (χ0v) is 10.0. The fourth-order valence-corrected chi connectivity index (χ4v) is 2.47. The second kappa shape index (κ2) is 4.07. The van der Waals surface area contributed by atoms with Crippen LogP contribution in [0.1, 0.15) is 11.5 Å². The van der Waals surface area contributed by atoms with Crippen molar-refractivity contribution < 1.29 is 9.59 Å². The van der Waals surface area contributed by atoms with Crippen LogP contribution in [0.3, 0.4) is 0 Å². The van der Waals surface area contributed by atoms with Gasteiger partial charge >= 0.3 is 0 Å². The van der Waals surface area contributed by atoms with Crippen molar-refractivity contribution in [2.45, 2.75) is 11.3 Å². The van der Waals surface area contributed by atoms with Gasteiger partial charge in [-0.05, 0) is 23.8 Å². The molecule has 2 unspecified atom stereocenters. The van der Waals surface area contributed by atoms with Gasteiger partial charge in [-0.2, -0.15) is 0 Å². The van der Waals surface area contributed by atoms with Crippen molar-refractivity contribution >= 4 is 34.3 Å². The Labute approximate surface area is 108 Å². The molecule has 2 atom stereocenters. The van der Waals surface area contributed by atoms with Crippen molar-refractivity contribution in [1.82, 2.24) is 10.3 Å². The first-order valence-electron chi connectivity index (χ1n) is 5.50. The first-order valence-corrected chi connectivity index (χ1v) is 5.94. The van der Waals surface area contributed by atoms with Crippen LogP contribution in [0, 0.1) is 0 Å². The number of amides is 2. The summed E-state index contributed by atoms with van der Waals surface area (Å²) < 4.78 is 0. The Balaban J connectivity index is 2.09. The van der Waals surface area contributed by atoms with Gasteiger partial charge in [-0.1, -0.05) is 12.1 Å². The van der Waals surface area contributed by atoms with E-state index in [1.54, 1.807) is 12.3 Å². The third kappa shape index (κ3) is 1.66. The van der Waals surface area contributed by atoms with E-state index in [-0.39, 0.29) is 5.91 Å². The fraction of sp³-hybridized carbons (Fsp3) is 0.154. The van der Waals surface area contributed by atoms with Crippen molar-refractivity contribution in [3.8, 4) is 0 Å². The van der Waals surface area contributed by atoms with E-state index < -0.39 is 17.2 Å². The van der Waals surface area contributed by atoms with Crippen LogP contribution in [-0.2, 0) is 9.59 Å². The summed E-state index contributed by atoms with van der Waals surface area (Å²) in [5.41, 5.74) is 1.58. The molecule has 5 heteroatoms. The van der Waals surface area contributed by atoms with Crippen molar-refractivity contribution in [1.29, 1.82) is 0 Å². The number of imide groups is 1. The molecular formula is C13H9ClN2O2. The van der Waals surface area contributed by atoms with Gasteiger partial charge in [0.25, 0.3) is 0 Å². The lowest BCUT2D eigenvalue weighted by Crippen LogP contribution is -2.22. The highest BCUT2D eigenvalue weighted by molar-refractivity contribution is 6.37. The molecule has 1 N–H and O–H groups in total. The molecule has 4 nitrogen and oxygen atoms in total. The first-order chi connectivity index (χ1) is 8.66.